The van der Waals surface area contributed by atoms with Crippen molar-refractivity contribution >= 4 is 11.6 Å². The van der Waals surface area contributed by atoms with E-state index in [9.17, 15) is 4.39 Å². The standard InChI is InChI=1S/C18H22ClF/c1-11-4-15(2-3-16(11)20)17(19)18-8-12-5-13(9-18)7-14(6-12)10-18/h2-4,12-14,17H,5-10H2,1H3. The Kier molecular flexibility index (Phi) is 2.93. The monoisotopic (exact) mass is 292 g/mol. The lowest BCUT2D eigenvalue weighted by molar-refractivity contribution is -0.0552. The molecule has 0 heterocycles. The molecule has 1 unspecified atom stereocenters. The summed E-state index contributed by atoms with van der Waals surface area (Å²) in [5.74, 6) is 2.60. The Morgan fingerprint density at radius 1 is 1.10 bits per heavy atom. The van der Waals surface area contributed by atoms with Gasteiger partial charge in [-0.25, -0.2) is 4.39 Å². The molecule has 108 valence electrons. The van der Waals surface area contributed by atoms with E-state index in [2.05, 4.69) is 0 Å². The van der Waals surface area contributed by atoms with E-state index in [1.165, 1.54) is 38.5 Å². The lowest BCUT2D eigenvalue weighted by Gasteiger charge is -2.58. The summed E-state index contributed by atoms with van der Waals surface area (Å²) in [6.45, 7) is 1.84. The van der Waals surface area contributed by atoms with Gasteiger partial charge in [-0.05, 0) is 85.8 Å². The Bertz CT molecular complexity index is 501. The summed E-state index contributed by atoms with van der Waals surface area (Å²) in [6, 6.07) is 5.45. The van der Waals surface area contributed by atoms with Crippen molar-refractivity contribution in [2.45, 2.75) is 50.8 Å². The van der Waals surface area contributed by atoms with E-state index in [0.29, 0.717) is 5.41 Å². The fourth-order valence-electron chi connectivity index (χ4n) is 5.67. The molecule has 1 aromatic carbocycles. The highest BCUT2D eigenvalue weighted by atomic mass is 35.5. The van der Waals surface area contributed by atoms with Crippen molar-refractivity contribution in [2.75, 3.05) is 0 Å². The summed E-state index contributed by atoms with van der Waals surface area (Å²) in [5.41, 5.74) is 2.14. The third kappa shape index (κ3) is 1.93. The predicted octanol–water partition coefficient (Wildman–Crippen LogP) is 5.63. The quantitative estimate of drug-likeness (QED) is 0.620. The minimum absolute atomic E-state index is 0.0650. The molecule has 0 aliphatic heterocycles. The second-order valence-electron chi connectivity index (χ2n) is 7.65. The SMILES string of the molecule is Cc1cc(C(Cl)C23CC4CC(CC(C4)C2)C3)ccc1F. The summed E-state index contributed by atoms with van der Waals surface area (Å²) in [6.07, 6.45) is 8.19. The molecule has 0 nitrogen and oxygen atoms in total. The van der Waals surface area contributed by atoms with Crippen molar-refractivity contribution in [3.05, 3.63) is 35.1 Å². The first kappa shape index (κ1) is 13.1. The van der Waals surface area contributed by atoms with Crippen molar-refractivity contribution in [1.82, 2.24) is 0 Å². The maximum atomic E-state index is 13.5. The maximum absolute atomic E-state index is 13.5. The number of hydrogen-bond donors (Lipinski definition) is 0. The van der Waals surface area contributed by atoms with Gasteiger partial charge in [0.25, 0.3) is 0 Å². The summed E-state index contributed by atoms with van der Waals surface area (Å²) in [5, 5.41) is 0.0650. The Morgan fingerprint density at radius 2 is 1.65 bits per heavy atom. The summed E-state index contributed by atoms with van der Waals surface area (Å²) in [4.78, 5) is 0. The van der Waals surface area contributed by atoms with Crippen LogP contribution in [0.3, 0.4) is 0 Å². The molecular weight excluding hydrogens is 271 g/mol. The van der Waals surface area contributed by atoms with E-state index in [-0.39, 0.29) is 11.2 Å². The molecule has 4 aliphatic carbocycles. The molecule has 2 heteroatoms. The van der Waals surface area contributed by atoms with Crippen LogP contribution in [0, 0.1) is 35.9 Å². The third-order valence-corrected chi connectivity index (χ3v) is 6.81. The van der Waals surface area contributed by atoms with Crippen molar-refractivity contribution in [3.63, 3.8) is 0 Å². The predicted molar refractivity (Wildman–Crippen MR) is 80.3 cm³/mol. The molecule has 0 saturated heterocycles. The van der Waals surface area contributed by atoms with E-state index in [4.69, 9.17) is 11.6 Å². The van der Waals surface area contributed by atoms with Crippen molar-refractivity contribution < 1.29 is 4.39 Å². The van der Waals surface area contributed by atoms with Gasteiger partial charge in [-0.2, -0.15) is 0 Å². The van der Waals surface area contributed by atoms with Crippen LogP contribution in [-0.4, -0.2) is 0 Å². The minimum atomic E-state index is -0.122. The zero-order valence-corrected chi connectivity index (χ0v) is 12.8. The molecule has 4 aliphatic rings. The summed E-state index contributed by atoms with van der Waals surface area (Å²) in [7, 11) is 0. The molecular formula is C18H22ClF. The largest absolute Gasteiger partial charge is 0.207 e. The van der Waals surface area contributed by atoms with E-state index in [1.807, 2.05) is 19.1 Å². The molecule has 0 aromatic heterocycles. The first-order chi connectivity index (χ1) is 9.56. The van der Waals surface area contributed by atoms with Crippen LogP contribution < -0.4 is 0 Å². The van der Waals surface area contributed by atoms with E-state index in [1.54, 1.807) is 6.07 Å². The minimum Gasteiger partial charge on any atom is -0.207 e. The Balaban J connectivity index is 1.67. The van der Waals surface area contributed by atoms with Gasteiger partial charge in [-0.1, -0.05) is 12.1 Å². The normalized spacial score (nSPS) is 40.0. The molecule has 0 spiro atoms. The topological polar surface area (TPSA) is 0 Å². The van der Waals surface area contributed by atoms with Gasteiger partial charge in [0.15, 0.2) is 0 Å². The Labute approximate surface area is 125 Å². The third-order valence-electron chi connectivity index (χ3n) is 6.10. The smallest absolute Gasteiger partial charge is 0.126 e. The number of halogens is 2. The van der Waals surface area contributed by atoms with Gasteiger partial charge >= 0.3 is 0 Å². The van der Waals surface area contributed by atoms with Crippen molar-refractivity contribution in [1.29, 1.82) is 0 Å². The van der Waals surface area contributed by atoms with E-state index < -0.39 is 0 Å². The Morgan fingerprint density at radius 3 is 2.15 bits per heavy atom. The fourth-order valence-corrected chi connectivity index (χ4v) is 6.07. The van der Waals surface area contributed by atoms with Crippen LogP contribution in [-0.2, 0) is 0 Å². The van der Waals surface area contributed by atoms with E-state index >= 15 is 0 Å². The van der Waals surface area contributed by atoms with Gasteiger partial charge in [0, 0.05) is 0 Å². The van der Waals surface area contributed by atoms with Crippen molar-refractivity contribution in [3.8, 4) is 0 Å². The molecule has 5 rings (SSSR count). The lowest BCUT2D eigenvalue weighted by atomic mass is 9.48. The second-order valence-corrected chi connectivity index (χ2v) is 8.09. The average molecular weight is 293 g/mol. The summed E-state index contributed by atoms with van der Waals surface area (Å²) >= 11 is 6.93. The highest BCUT2D eigenvalue weighted by Gasteiger charge is 2.54. The molecule has 4 bridgehead atoms. The molecule has 20 heavy (non-hydrogen) atoms. The zero-order chi connectivity index (χ0) is 13.9. The highest BCUT2D eigenvalue weighted by molar-refractivity contribution is 6.21. The fraction of sp³-hybridized carbons (Fsp3) is 0.667. The Hall–Kier alpha value is -0.560. The van der Waals surface area contributed by atoms with Crippen LogP contribution in [0.5, 0.6) is 0 Å². The van der Waals surface area contributed by atoms with Crippen molar-refractivity contribution in [2.24, 2.45) is 23.2 Å². The number of rotatable bonds is 2. The molecule has 1 atom stereocenters. The van der Waals surface area contributed by atoms with Gasteiger partial charge in [-0.15, -0.1) is 11.6 Å². The molecule has 1 aromatic rings. The molecule has 4 fully saturated rings. The molecule has 0 amide bonds. The van der Waals surface area contributed by atoms with Crippen LogP contribution in [0.4, 0.5) is 4.39 Å². The molecule has 0 radical (unpaired) electrons. The first-order valence-corrected chi connectivity index (χ1v) is 8.39. The average Bonchev–Trinajstić information content (AvgIpc) is 2.39. The van der Waals surface area contributed by atoms with Gasteiger partial charge < -0.3 is 0 Å². The highest BCUT2D eigenvalue weighted by Crippen LogP contribution is 2.65. The maximum Gasteiger partial charge on any atom is 0.126 e. The first-order valence-electron chi connectivity index (χ1n) is 7.96. The number of hydrogen-bond acceptors (Lipinski definition) is 0. The zero-order valence-electron chi connectivity index (χ0n) is 12.0. The number of benzene rings is 1. The molecule has 4 saturated carbocycles. The van der Waals surface area contributed by atoms with Crippen LogP contribution in [0.1, 0.15) is 55.0 Å². The number of alkyl halides is 1. The van der Waals surface area contributed by atoms with Crippen LogP contribution >= 0.6 is 11.6 Å². The molecule has 0 N–H and O–H groups in total. The van der Waals surface area contributed by atoms with Crippen LogP contribution in [0.2, 0.25) is 0 Å². The van der Waals surface area contributed by atoms with Gasteiger partial charge in [0.1, 0.15) is 5.82 Å². The van der Waals surface area contributed by atoms with E-state index in [0.717, 1.165) is 28.9 Å². The van der Waals surface area contributed by atoms with Crippen LogP contribution in [0.15, 0.2) is 18.2 Å². The lowest BCUT2D eigenvalue weighted by Crippen LogP contribution is -2.47. The summed E-state index contributed by atoms with van der Waals surface area (Å²) < 4.78 is 13.5. The van der Waals surface area contributed by atoms with Gasteiger partial charge in [-0.3, -0.25) is 0 Å². The van der Waals surface area contributed by atoms with Gasteiger partial charge in [0.05, 0.1) is 5.38 Å². The number of aryl methyl sites for hydroxylation is 1. The van der Waals surface area contributed by atoms with Gasteiger partial charge in [0.2, 0.25) is 0 Å². The second kappa shape index (κ2) is 4.47. The van der Waals surface area contributed by atoms with Crippen LogP contribution in [0.25, 0.3) is 0 Å².